The molecule has 21 heavy (non-hydrogen) atoms. The molecule has 2 aliphatic rings. The van der Waals surface area contributed by atoms with E-state index in [9.17, 15) is 0 Å². The maximum Gasteiger partial charge on any atom is 0.123 e. The van der Waals surface area contributed by atoms with Crippen molar-refractivity contribution in [3.8, 4) is 0 Å². The van der Waals surface area contributed by atoms with Gasteiger partial charge in [-0.25, -0.2) is 0 Å². The first-order valence-corrected chi connectivity index (χ1v) is 8.22. The molecular weight excluding hydrogens is 280 g/mol. The van der Waals surface area contributed by atoms with Gasteiger partial charge in [-0.1, -0.05) is 18.3 Å². The van der Waals surface area contributed by atoms with Gasteiger partial charge >= 0.3 is 0 Å². The molecule has 0 saturated carbocycles. The van der Waals surface area contributed by atoms with Crippen molar-refractivity contribution in [2.75, 3.05) is 26.7 Å². The van der Waals surface area contributed by atoms with E-state index in [0.717, 1.165) is 36.3 Å². The maximum absolute atomic E-state index is 5.79. The largest absolute Gasteiger partial charge is 0.388 e. The zero-order valence-electron chi connectivity index (χ0n) is 12.7. The number of rotatable bonds is 3. The average molecular weight is 304 g/mol. The van der Waals surface area contributed by atoms with Crippen molar-refractivity contribution in [2.24, 2.45) is 11.7 Å². The van der Waals surface area contributed by atoms with Crippen LogP contribution in [0.3, 0.4) is 0 Å². The Kier molecular flexibility index (Phi) is 4.52. The van der Waals surface area contributed by atoms with Gasteiger partial charge < -0.3 is 10.6 Å². The van der Waals surface area contributed by atoms with Crippen LogP contribution < -0.4 is 5.73 Å². The molecule has 0 amide bonds. The summed E-state index contributed by atoms with van der Waals surface area (Å²) < 4.78 is 0. The van der Waals surface area contributed by atoms with Gasteiger partial charge in [0.25, 0.3) is 0 Å². The van der Waals surface area contributed by atoms with Gasteiger partial charge in [0.2, 0.25) is 0 Å². The van der Waals surface area contributed by atoms with Crippen molar-refractivity contribution in [3.05, 3.63) is 29.6 Å². The molecule has 0 bridgehead atoms. The summed E-state index contributed by atoms with van der Waals surface area (Å²) in [4.78, 5) is 9.83. The summed E-state index contributed by atoms with van der Waals surface area (Å²) in [5.41, 5.74) is 7.74. The van der Waals surface area contributed by atoms with Crippen LogP contribution in [-0.4, -0.2) is 52.5 Å². The van der Waals surface area contributed by atoms with Gasteiger partial charge in [0.05, 0.1) is 0 Å². The number of fused-ring (bicyclic) bond motifs is 1. The van der Waals surface area contributed by atoms with Gasteiger partial charge in [0, 0.05) is 25.3 Å². The molecule has 2 saturated heterocycles. The van der Waals surface area contributed by atoms with Gasteiger partial charge in [-0.3, -0.25) is 9.88 Å². The summed E-state index contributed by atoms with van der Waals surface area (Å²) in [5, 5.41) is 0. The molecule has 2 atom stereocenters. The first-order chi connectivity index (χ1) is 10.1. The van der Waals surface area contributed by atoms with Crippen LogP contribution in [0.5, 0.6) is 0 Å². The van der Waals surface area contributed by atoms with Gasteiger partial charge in [-0.15, -0.1) is 0 Å². The molecule has 2 N–H and O–H groups in total. The van der Waals surface area contributed by atoms with E-state index in [1.54, 1.807) is 6.20 Å². The van der Waals surface area contributed by atoms with Crippen LogP contribution in [0.4, 0.5) is 0 Å². The van der Waals surface area contributed by atoms with E-state index in [2.05, 4.69) is 27.9 Å². The van der Waals surface area contributed by atoms with Crippen LogP contribution in [0.2, 0.25) is 0 Å². The summed E-state index contributed by atoms with van der Waals surface area (Å²) in [5.74, 6) is 0.808. The zero-order valence-corrected chi connectivity index (χ0v) is 13.5. The molecule has 0 spiro atoms. The van der Waals surface area contributed by atoms with Crippen molar-refractivity contribution in [2.45, 2.75) is 31.8 Å². The maximum atomic E-state index is 5.79. The minimum Gasteiger partial charge on any atom is -0.388 e. The number of likely N-dealkylation sites (tertiary alicyclic amines) is 2. The number of piperidine rings is 2. The molecule has 3 heterocycles. The molecule has 2 aliphatic heterocycles. The number of hydrogen-bond acceptors (Lipinski definition) is 4. The highest BCUT2D eigenvalue weighted by atomic mass is 32.1. The number of thiocarbonyl (C=S) groups is 1. The Bertz CT molecular complexity index is 519. The predicted octanol–water partition coefficient (Wildman–Crippen LogP) is 1.63. The Morgan fingerprint density at radius 2 is 2.29 bits per heavy atom. The smallest absolute Gasteiger partial charge is 0.123 e. The van der Waals surface area contributed by atoms with E-state index in [1.807, 2.05) is 6.07 Å². The Labute approximate surface area is 132 Å². The lowest BCUT2D eigenvalue weighted by atomic mass is 9.84. The number of nitrogens with two attached hydrogens (primary N) is 1. The second-order valence-corrected chi connectivity index (χ2v) is 6.79. The number of hydrogen-bond donors (Lipinski definition) is 1. The SMILES string of the molecule is CN1CCCC2CN(Cc3cccnc3C(N)=S)CCC21. The molecule has 5 heteroatoms. The molecule has 2 unspecified atom stereocenters. The lowest BCUT2D eigenvalue weighted by molar-refractivity contribution is 0.0354. The fourth-order valence-electron chi connectivity index (χ4n) is 3.90. The van der Waals surface area contributed by atoms with Crippen molar-refractivity contribution < 1.29 is 0 Å². The Hall–Kier alpha value is -1.04. The number of pyridine rings is 1. The lowest BCUT2D eigenvalue weighted by Crippen LogP contribution is -2.52. The summed E-state index contributed by atoms with van der Waals surface area (Å²) >= 11 is 5.12. The Morgan fingerprint density at radius 3 is 3.10 bits per heavy atom. The summed E-state index contributed by atoms with van der Waals surface area (Å²) in [7, 11) is 2.28. The minimum absolute atomic E-state index is 0.401. The summed E-state index contributed by atoms with van der Waals surface area (Å²) in [6.07, 6.45) is 5.72. The lowest BCUT2D eigenvalue weighted by Gasteiger charge is -2.46. The molecule has 1 aromatic heterocycles. The third kappa shape index (κ3) is 3.25. The van der Waals surface area contributed by atoms with E-state index < -0.39 is 0 Å². The topological polar surface area (TPSA) is 45.4 Å². The predicted molar refractivity (Wildman–Crippen MR) is 89.2 cm³/mol. The van der Waals surface area contributed by atoms with Gasteiger partial charge in [0.15, 0.2) is 0 Å². The molecule has 2 fully saturated rings. The Morgan fingerprint density at radius 1 is 1.43 bits per heavy atom. The fraction of sp³-hybridized carbons (Fsp3) is 0.625. The highest BCUT2D eigenvalue weighted by molar-refractivity contribution is 7.80. The van der Waals surface area contributed by atoms with E-state index >= 15 is 0 Å². The Balaban J connectivity index is 1.68. The van der Waals surface area contributed by atoms with Crippen molar-refractivity contribution in [1.29, 1.82) is 0 Å². The normalized spacial score (nSPS) is 27.3. The highest BCUT2D eigenvalue weighted by Gasteiger charge is 2.34. The molecule has 0 radical (unpaired) electrons. The second-order valence-electron chi connectivity index (χ2n) is 6.35. The van der Waals surface area contributed by atoms with E-state index in [0.29, 0.717) is 4.99 Å². The first-order valence-electron chi connectivity index (χ1n) is 7.81. The summed E-state index contributed by atoms with van der Waals surface area (Å²) in [6.45, 7) is 4.50. The highest BCUT2D eigenvalue weighted by Crippen LogP contribution is 2.30. The van der Waals surface area contributed by atoms with Crippen molar-refractivity contribution in [3.63, 3.8) is 0 Å². The monoisotopic (exact) mass is 304 g/mol. The van der Waals surface area contributed by atoms with Crippen molar-refractivity contribution >= 4 is 17.2 Å². The van der Waals surface area contributed by atoms with Crippen LogP contribution in [-0.2, 0) is 6.54 Å². The van der Waals surface area contributed by atoms with Crippen LogP contribution >= 0.6 is 12.2 Å². The third-order valence-corrected chi connectivity index (χ3v) is 5.14. The quantitative estimate of drug-likeness (QED) is 0.860. The van der Waals surface area contributed by atoms with Crippen molar-refractivity contribution in [1.82, 2.24) is 14.8 Å². The molecule has 1 aromatic rings. The molecule has 4 nitrogen and oxygen atoms in total. The number of nitrogens with zero attached hydrogens (tertiary/aromatic N) is 3. The number of aromatic nitrogens is 1. The van der Waals surface area contributed by atoms with E-state index in [-0.39, 0.29) is 0 Å². The molecule has 3 rings (SSSR count). The molecule has 0 aliphatic carbocycles. The molecular formula is C16H24N4S. The van der Waals surface area contributed by atoms with Crippen LogP contribution in [0, 0.1) is 5.92 Å². The molecule has 114 valence electrons. The first kappa shape index (κ1) is 14.9. The van der Waals surface area contributed by atoms with Crippen LogP contribution in [0.15, 0.2) is 18.3 Å². The van der Waals surface area contributed by atoms with E-state index in [1.165, 1.54) is 32.4 Å². The minimum atomic E-state index is 0.401. The van der Waals surface area contributed by atoms with Gasteiger partial charge in [0.1, 0.15) is 10.7 Å². The zero-order chi connectivity index (χ0) is 14.8. The van der Waals surface area contributed by atoms with E-state index in [4.69, 9.17) is 18.0 Å². The standard InChI is InChI=1S/C16H24N4S/c1-19-8-3-5-12-10-20(9-6-14(12)19)11-13-4-2-7-18-15(13)16(17)21/h2,4,7,12,14H,3,5-6,8-11H2,1H3,(H2,17,21). The molecule has 0 aromatic carbocycles. The van der Waals surface area contributed by atoms with Crippen LogP contribution in [0.25, 0.3) is 0 Å². The fourth-order valence-corrected chi connectivity index (χ4v) is 4.08. The second kappa shape index (κ2) is 6.38. The van der Waals surface area contributed by atoms with Gasteiger partial charge in [-0.2, -0.15) is 0 Å². The average Bonchev–Trinajstić information content (AvgIpc) is 2.48. The summed E-state index contributed by atoms with van der Waals surface area (Å²) in [6, 6.07) is 4.85. The third-order valence-electron chi connectivity index (χ3n) is 4.95. The van der Waals surface area contributed by atoms with Gasteiger partial charge in [-0.05, 0) is 56.9 Å². The van der Waals surface area contributed by atoms with Crippen LogP contribution in [0.1, 0.15) is 30.5 Å².